The van der Waals surface area contributed by atoms with Crippen LogP contribution >= 0.6 is 23.4 Å². The molecule has 1 aromatic carbocycles. The summed E-state index contributed by atoms with van der Waals surface area (Å²) < 4.78 is 7.50. The van der Waals surface area contributed by atoms with E-state index < -0.39 is 0 Å². The maximum Gasteiger partial charge on any atom is 0.265 e. The number of halogens is 1. The average molecular weight is 403 g/mol. The Labute approximate surface area is 166 Å². The number of benzene rings is 1. The normalized spacial score (nSPS) is 13.7. The first kappa shape index (κ1) is 18.1. The second-order valence-corrected chi connectivity index (χ2v) is 8.08. The zero-order valence-electron chi connectivity index (χ0n) is 15.3. The lowest BCUT2D eigenvalue weighted by molar-refractivity contribution is -0.120. The number of aryl methyl sites for hydroxylation is 3. The van der Waals surface area contributed by atoms with Gasteiger partial charge in [0.15, 0.2) is 12.3 Å². The van der Waals surface area contributed by atoms with Crippen molar-refractivity contribution in [2.24, 2.45) is 7.05 Å². The van der Waals surface area contributed by atoms with Crippen LogP contribution in [0.3, 0.4) is 0 Å². The molecule has 140 valence electrons. The fourth-order valence-corrected chi connectivity index (χ4v) is 4.45. The highest BCUT2D eigenvalue weighted by molar-refractivity contribution is 7.99. The van der Waals surface area contributed by atoms with E-state index in [1.54, 1.807) is 21.3 Å². The number of pyridine rings is 1. The molecule has 0 spiro atoms. The number of anilines is 1. The number of rotatable bonds is 3. The molecule has 1 aliphatic heterocycles. The van der Waals surface area contributed by atoms with Crippen molar-refractivity contribution in [2.45, 2.75) is 18.7 Å². The summed E-state index contributed by atoms with van der Waals surface area (Å²) in [7, 11) is 1.82. The second-order valence-electron chi connectivity index (χ2n) is 6.50. The molecular formula is C19H19ClN4O2S. The van der Waals surface area contributed by atoms with Crippen molar-refractivity contribution in [2.75, 3.05) is 23.8 Å². The highest BCUT2D eigenvalue weighted by Crippen LogP contribution is 2.36. The van der Waals surface area contributed by atoms with Crippen molar-refractivity contribution in [1.29, 1.82) is 0 Å². The van der Waals surface area contributed by atoms with E-state index in [4.69, 9.17) is 16.3 Å². The molecule has 3 heterocycles. The summed E-state index contributed by atoms with van der Waals surface area (Å²) in [6, 6.07) is 7.61. The third-order valence-electron chi connectivity index (χ3n) is 4.50. The van der Waals surface area contributed by atoms with Crippen molar-refractivity contribution in [3.8, 4) is 5.88 Å². The zero-order chi connectivity index (χ0) is 19.1. The molecule has 0 aliphatic carbocycles. The Morgan fingerprint density at radius 1 is 1.33 bits per heavy atom. The summed E-state index contributed by atoms with van der Waals surface area (Å²) >= 11 is 7.84. The maximum atomic E-state index is 12.8. The minimum atomic E-state index is -0.115. The molecule has 8 heteroatoms. The number of amides is 1. The van der Waals surface area contributed by atoms with Gasteiger partial charge in [0.1, 0.15) is 0 Å². The number of carbonyl (C=O) groups excluding carboxylic acids is 1. The van der Waals surface area contributed by atoms with Crippen LogP contribution in [0.25, 0.3) is 11.0 Å². The van der Waals surface area contributed by atoms with E-state index >= 15 is 0 Å². The minimum absolute atomic E-state index is 0.0873. The second kappa shape index (κ2) is 7.05. The van der Waals surface area contributed by atoms with Crippen LogP contribution in [-0.4, -0.2) is 39.6 Å². The van der Waals surface area contributed by atoms with Gasteiger partial charge in [-0.1, -0.05) is 11.6 Å². The minimum Gasteiger partial charge on any atom is -0.466 e. The van der Waals surface area contributed by atoms with Gasteiger partial charge in [-0.15, -0.1) is 16.9 Å². The largest absolute Gasteiger partial charge is 0.466 e. The van der Waals surface area contributed by atoms with E-state index in [1.807, 2.05) is 45.2 Å². The van der Waals surface area contributed by atoms with E-state index in [2.05, 4.69) is 10.1 Å². The number of aromatic nitrogens is 3. The Hall–Kier alpha value is -2.25. The van der Waals surface area contributed by atoms with Crippen molar-refractivity contribution in [1.82, 2.24) is 14.8 Å². The highest BCUT2D eigenvalue weighted by Gasteiger charge is 2.24. The zero-order valence-corrected chi connectivity index (χ0v) is 16.9. The van der Waals surface area contributed by atoms with Gasteiger partial charge in [0, 0.05) is 35.0 Å². The maximum absolute atomic E-state index is 12.8. The molecule has 0 unspecified atom stereocenters. The van der Waals surface area contributed by atoms with Crippen molar-refractivity contribution < 1.29 is 9.53 Å². The number of ether oxygens (including phenoxy) is 1. The number of hydrogen-bond donors (Lipinski definition) is 0. The number of hydrogen-bond acceptors (Lipinski definition) is 5. The predicted octanol–water partition coefficient (Wildman–Crippen LogP) is 3.76. The van der Waals surface area contributed by atoms with Crippen LogP contribution in [0.4, 0.5) is 5.69 Å². The Bertz CT molecular complexity index is 1050. The molecule has 1 aliphatic rings. The molecule has 0 bridgehead atoms. The van der Waals surface area contributed by atoms with Crippen LogP contribution in [0, 0.1) is 13.8 Å². The Morgan fingerprint density at radius 2 is 2.15 bits per heavy atom. The molecule has 0 fully saturated rings. The lowest BCUT2D eigenvalue weighted by Gasteiger charge is -2.29. The van der Waals surface area contributed by atoms with Gasteiger partial charge in [-0.25, -0.2) is 9.67 Å². The summed E-state index contributed by atoms with van der Waals surface area (Å²) in [5.41, 5.74) is 3.54. The smallest absolute Gasteiger partial charge is 0.265 e. The monoisotopic (exact) mass is 402 g/mol. The van der Waals surface area contributed by atoms with E-state index in [9.17, 15) is 4.79 Å². The predicted molar refractivity (Wildman–Crippen MR) is 108 cm³/mol. The lowest BCUT2D eigenvalue weighted by atomic mass is 10.2. The van der Waals surface area contributed by atoms with Gasteiger partial charge in [-0.2, -0.15) is 0 Å². The topological polar surface area (TPSA) is 60.2 Å². The SMILES string of the molecule is Cc1cc(C)c2c(OCC(=O)N3CCSc4ccc(Cl)cc43)nn(C)c2n1. The van der Waals surface area contributed by atoms with Gasteiger partial charge in [-0.05, 0) is 43.7 Å². The molecule has 4 rings (SSSR count). The highest BCUT2D eigenvalue weighted by atomic mass is 35.5. The summed E-state index contributed by atoms with van der Waals surface area (Å²) in [6.07, 6.45) is 0. The van der Waals surface area contributed by atoms with Gasteiger partial charge in [0.05, 0.1) is 11.1 Å². The van der Waals surface area contributed by atoms with Crippen LogP contribution in [-0.2, 0) is 11.8 Å². The molecule has 27 heavy (non-hydrogen) atoms. The van der Waals surface area contributed by atoms with Crippen molar-refractivity contribution in [3.63, 3.8) is 0 Å². The van der Waals surface area contributed by atoms with Crippen LogP contribution in [0.15, 0.2) is 29.2 Å². The lowest BCUT2D eigenvalue weighted by Crippen LogP contribution is -2.38. The quantitative estimate of drug-likeness (QED) is 0.667. The summed E-state index contributed by atoms with van der Waals surface area (Å²) in [5.74, 6) is 1.16. The van der Waals surface area contributed by atoms with Crippen molar-refractivity contribution in [3.05, 3.63) is 40.5 Å². The number of thioether (sulfide) groups is 1. The first-order valence-electron chi connectivity index (χ1n) is 8.60. The Balaban J connectivity index is 1.58. The third kappa shape index (κ3) is 3.37. The molecular weight excluding hydrogens is 384 g/mol. The van der Waals surface area contributed by atoms with Crippen molar-refractivity contribution >= 4 is 46.0 Å². The van der Waals surface area contributed by atoms with Gasteiger partial charge in [-0.3, -0.25) is 4.79 Å². The number of fused-ring (bicyclic) bond motifs is 2. The van der Waals surface area contributed by atoms with Gasteiger partial charge in [0.25, 0.3) is 5.91 Å². The van der Waals surface area contributed by atoms with Crippen LogP contribution < -0.4 is 9.64 Å². The first-order chi connectivity index (χ1) is 12.9. The standard InChI is InChI=1S/C19H19ClN4O2S/c1-11-8-12(2)21-18-17(11)19(22-23(18)3)26-10-16(25)24-6-7-27-15-5-4-13(20)9-14(15)24/h4-5,8-9H,6-7,10H2,1-3H3. The van der Waals surface area contributed by atoms with Gasteiger partial charge >= 0.3 is 0 Å². The molecule has 1 amide bonds. The molecule has 0 saturated heterocycles. The van der Waals surface area contributed by atoms with Gasteiger partial charge in [0.2, 0.25) is 5.88 Å². The average Bonchev–Trinajstić information content (AvgIpc) is 2.95. The Morgan fingerprint density at radius 3 is 2.96 bits per heavy atom. The summed E-state index contributed by atoms with van der Waals surface area (Å²) in [5, 5.41) is 5.86. The van der Waals surface area contributed by atoms with Crippen LogP contribution in [0.5, 0.6) is 5.88 Å². The van der Waals surface area contributed by atoms with Crippen LogP contribution in [0.1, 0.15) is 11.3 Å². The number of nitrogens with zero attached hydrogens (tertiary/aromatic N) is 4. The third-order valence-corrected chi connectivity index (χ3v) is 5.78. The fraction of sp³-hybridized carbons (Fsp3) is 0.316. The Kier molecular flexibility index (Phi) is 4.74. The molecule has 3 aromatic rings. The molecule has 0 atom stereocenters. The molecule has 0 N–H and O–H groups in total. The van der Waals surface area contributed by atoms with E-state index in [0.717, 1.165) is 38.6 Å². The van der Waals surface area contributed by atoms with E-state index in [0.29, 0.717) is 17.4 Å². The molecule has 0 radical (unpaired) electrons. The van der Waals surface area contributed by atoms with Gasteiger partial charge < -0.3 is 9.64 Å². The van der Waals surface area contributed by atoms with E-state index in [-0.39, 0.29) is 12.5 Å². The first-order valence-corrected chi connectivity index (χ1v) is 9.97. The molecule has 2 aromatic heterocycles. The molecule has 0 saturated carbocycles. The summed E-state index contributed by atoms with van der Waals surface area (Å²) in [4.78, 5) is 20.1. The summed E-state index contributed by atoms with van der Waals surface area (Å²) in [6.45, 7) is 4.48. The molecule has 6 nitrogen and oxygen atoms in total. The van der Waals surface area contributed by atoms with Crippen LogP contribution in [0.2, 0.25) is 5.02 Å². The number of carbonyl (C=O) groups is 1. The fourth-order valence-electron chi connectivity index (χ4n) is 3.31. The van der Waals surface area contributed by atoms with E-state index in [1.165, 1.54) is 0 Å².